The third-order valence-corrected chi connectivity index (χ3v) is 7.11. The molecule has 6 nitrogen and oxygen atoms in total. The van der Waals surface area contributed by atoms with Crippen molar-refractivity contribution in [2.45, 2.75) is 32.2 Å². The Morgan fingerprint density at radius 3 is 2.49 bits per heavy atom. The third-order valence-electron chi connectivity index (χ3n) is 7.11. The number of carbonyl (C=O) groups is 1. The van der Waals surface area contributed by atoms with Crippen molar-refractivity contribution >= 4 is 5.91 Å². The molecular weight excluding hydrogens is 436 g/mol. The number of ether oxygens (including phenoxy) is 1. The summed E-state index contributed by atoms with van der Waals surface area (Å²) in [6.07, 6.45) is 12.3. The summed E-state index contributed by atoms with van der Waals surface area (Å²) >= 11 is 0. The molecule has 0 bridgehead atoms. The smallest absolute Gasteiger partial charge is 0.257 e. The van der Waals surface area contributed by atoms with Crippen molar-refractivity contribution in [3.8, 4) is 17.1 Å². The summed E-state index contributed by atoms with van der Waals surface area (Å²) in [7, 11) is 0. The topological polar surface area (TPSA) is 67.3 Å². The molecule has 1 aromatic heterocycles. The van der Waals surface area contributed by atoms with Crippen molar-refractivity contribution in [3.63, 3.8) is 0 Å². The molecule has 0 radical (unpaired) electrons. The van der Waals surface area contributed by atoms with Gasteiger partial charge in [0.2, 0.25) is 0 Å². The van der Waals surface area contributed by atoms with Crippen molar-refractivity contribution < 1.29 is 9.53 Å². The predicted molar refractivity (Wildman–Crippen MR) is 137 cm³/mol. The lowest BCUT2D eigenvalue weighted by Crippen LogP contribution is -2.46. The average molecular weight is 469 g/mol. The van der Waals surface area contributed by atoms with Crippen LogP contribution in [0.4, 0.5) is 0 Å². The van der Waals surface area contributed by atoms with Gasteiger partial charge in [-0.15, -0.1) is 0 Å². The molecule has 35 heavy (non-hydrogen) atoms. The van der Waals surface area contributed by atoms with E-state index in [1.807, 2.05) is 60.9 Å². The molecule has 1 spiro atoms. The zero-order chi connectivity index (χ0) is 23.9. The van der Waals surface area contributed by atoms with Gasteiger partial charge in [-0.1, -0.05) is 60.7 Å². The number of allylic oxidation sites excluding steroid dienone is 2. The fourth-order valence-corrected chi connectivity index (χ4v) is 4.91. The van der Waals surface area contributed by atoms with Gasteiger partial charge < -0.3 is 10.1 Å². The highest BCUT2D eigenvalue weighted by molar-refractivity contribution is 5.77. The van der Waals surface area contributed by atoms with Crippen LogP contribution in [0.5, 0.6) is 5.75 Å². The maximum atomic E-state index is 12.5. The summed E-state index contributed by atoms with van der Waals surface area (Å²) in [4.78, 5) is 24.1. The second kappa shape index (κ2) is 10.8. The van der Waals surface area contributed by atoms with Crippen LogP contribution < -0.4 is 10.1 Å². The molecule has 0 unspecified atom stereocenters. The maximum absolute atomic E-state index is 12.5. The van der Waals surface area contributed by atoms with Crippen LogP contribution in [0.3, 0.4) is 0 Å². The first-order valence-electron chi connectivity index (χ1n) is 12.4. The Kier molecular flexibility index (Phi) is 7.19. The standard InChI is InChI=1S/C29H32N4O2/c34-27-21-35-26-12-5-4-8-24(26)9-6-7-13-29(22-32-27)14-16-33(17-15-29)20-23-18-30-28(31-19-23)25-10-2-1-3-11-25/h1-8,10-12,18-19H,9,13-17,20-22H2,(H,32,34)/b7-6+. The Balaban J connectivity index is 1.20. The van der Waals surface area contributed by atoms with E-state index in [1.54, 1.807) is 0 Å². The van der Waals surface area contributed by atoms with Gasteiger partial charge in [0.15, 0.2) is 12.4 Å². The summed E-state index contributed by atoms with van der Waals surface area (Å²) in [6, 6.07) is 18.0. The number of likely N-dealkylation sites (tertiary alicyclic amines) is 1. The molecule has 1 N–H and O–H groups in total. The van der Waals surface area contributed by atoms with Crippen LogP contribution in [0, 0.1) is 5.41 Å². The highest BCUT2D eigenvalue weighted by atomic mass is 16.5. The Hall–Kier alpha value is -3.51. The predicted octanol–water partition coefficient (Wildman–Crippen LogP) is 4.42. The number of nitrogens with one attached hydrogen (secondary N) is 1. The molecule has 5 rings (SSSR count). The molecule has 2 aliphatic heterocycles. The van der Waals surface area contributed by atoms with E-state index in [4.69, 9.17) is 4.74 Å². The molecule has 1 saturated heterocycles. The second-order valence-electron chi connectivity index (χ2n) is 9.61. The van der Waals surface area contributed by atoms with Crippen molar-refractivity contribution in [3.05, 3.63) is 90.3 Å². The van der Waals surface area contributed by atoms with E-state index >= 15 is 0 Å². The molecule has 1 amide bonds. The quantitative estimate of drug-likeness (QED) is 0.577. The third kappa shape index (κ3) is 5.95. The number of piperidine rings is 1. The number of carbonyl (C=O) groups excluding carboxylic acids is 1. The van der Waals surface area contributed by atoms with Crippen LogP contribution in [-0.2, 0) is 17.8 Å². The van der Waals surface area contributed by atoms with Crippen molar-refractivity contribution in [2.75, 3.05) is 26.2 Å². The first kappa shape index (κ1) is 23.2. The second-order valence-corrected chi connectivity index (χ2v) is 9.61. The van der Waals surface area contributed by atoms with Crippen molar-refractivity contribution in [1.82, 2.24) is 20.2 Å². The summed E-state index contributed by atoms with van der Waals surface area (Å²) in [5.41, 5.74) is 3.35. The Morgan fingerprint density at radius 1 is 0.943 bits per heavy atom. The minimum absolute atomic E-state index is 0.0539. The van der Waals surface area contributed by atoms with E-state index in [-0.39, 0.29) is 17.9 Å². The molecule has 2 aliphatic rings. The number of aromatic nitrogens is 2. The summed E-state index contributed by atoms with van der Waals surface area (Å²) in [5.74, 6) is 1.49. The Bertz CT molecular complexity index is 1150. The minimum Gasteiger partial charge on any atom is -0.483 e. The van der Waals surface area contributed by atoms with Gasteiger partial charge in [0.05, 0.1) is 0 Å². The normalized spacial score (nSPS) is 19.5. The van der Waals surface area contributed by atoms with Gasteiger partial charge >= 0.3 is 0 Å². The fourth-order valence-electron chi connectivity index (χ4n) is 4.91. The Morgan fingerprint density at radius 2 is 1.69 bits per heavy atom. The van der Waals surface area contributed by atoms with E-state index in [2.05, 4.69) is 38.4 Å². The minimum atomic E-state index is -0.0539. The van der Waals surface area contributed by atoms with Crippen LogP contribution in [-0.4, -0.2) is 47.0 Å². The molecule has 3 aromatic rings. The van der Waals surface area contributed by atoms with Gasteiger partial charge in [0.1, 0.15) is 5.75 Å². The number of hydrogen-bond acceptors (Lipinski definition) is 5. The SMILES string of the molecule is O=C1COc2ccccc2C/C=C/CC2(CCN(Cc3cnc(-c4ccccc4)nc3)CC2)CN1. The number of benzene rings is 2. The van der Waals surface area contributed by atoms with E-state index in [0.29, 0.717) is 6.54 Å². The van der Waals surface area contributed by atoms with Gasteiger partial charge in [0, 0.05) is 36.6 Å². The summed E-state index contributed by atoms with van der Waals surface area (Å²) < 4.78 is 5.80. The number of hydrogen-bond donors (Lipinski definition) is 1. The molecule has 6 heteroatoms. The number of nitrogens with zero attached hydrogens (tertiary/aromatic N) is 3. The zero-order valence-electron chi connectivity index (χ0n) is 20.0. The highest BCUT2D eigenvalue weighted by Gasteiger charge is 2.34. The lowest BCUT2D eigenvalue weighted by atomic mass is 9.75. The number of para-hydroxylation sites is 1. The van der Waals surface area contributed by atoms with Gasteiger partial charge in [-0.25, -0.2) is 9.97 Å². The van der Waals surface area contributed by atoms with Gasteiger partial charge in [-0.3, -0.25) is 9.69 Å². The fraction of sp³-hybridized carbons (Fsp3) is 0.345. The monoisotopic (exact) mass is 468 g/mol. The largest absolute Gasteiger partial charge is 0.483 e. The molecule has 1 fully saturated rings. The highest BCUT2D eigenvalue weighted by Crippen LogP contribution is 2.36. The van der Waals surface area contributed by atoms with Crippen LogP contribution in [0.1, 0.15) is 30.4 Å². The maximum Gasteiger partial charge on any atom is 0.257 e. The van der Waals surface area contributed by atoms with Gasteiger partial charge in [-0.2, -0.15) is 0 Å². The van der Waals surface area contributed by atoms with Crippen molar-refractivity contribution in [1.29, 1.82) is 0 Å². The molecule has 2 aromatic carbocycles. The molecule has 0 aliphatic carbocycles. The van der Waals surface area contributed by atoms with Gasteiger partial charge in [0.25, 0.3) is 5.91 Å². The average Bonchev–Trinajstić information content (AvgIpc) is 2.91. The zero-order valence-corrected chi connectivity index (χ0v) is 20.0. The van der Waals surface area contributed by atoms with Crippen LogP contribution in [0.25, 0.3) is 11.4 Å². The lowest BCUT2D eigenvalue weighted by molar-refractivity contribution is -0.123. The molecule has 3 heterocycles. The van der Waals surface area contributed by atoms with E-state index < -0.39 is 0 Å². The summed E-state index contributed by atoms with van der Waals surface area (Å²) in [5, 5.41) is 3.14. The number of rotatable bonds is 3. The van der Waals surface area contributed by atoms with E-state index in [9.17, 15) is 4.79 Å². The first-order valence-corrected chi connectivity index (χ1v) is 12.4. The molecular formula is C29H32N4O2. The number of amides is 1. The summed E-state index contributed by atoms with van der Waals surface area (Å²) in [6.45, 7) is 3.57. The molecule has 180 valence electrons. The molecule has 0 atom stereocenters. The van der Waals surface area contributed by atoms with Crippen LogP contribution in [0.15, 0.2) is 79.1 Å². The van der Waals surface area contributed by atoms with E-state index in [0.717, 1.165) is 73.6 Å². The van der Waals surface area contributed by atoms with Crippen LogP contribution in [0.2, 0.25) is 0 Å². The van der Waals surface area contributed by atoms with Crippen LogP contribution >= 0.6 is 0 Å². The van der Waals surface area contributed by atoms with Crippen molar-refractivity contribution in [2.24, 2.45) is 5.41 Å². The lowest BCUT2D eigenvalue weighted by Gasteiger charge is -2.41. The first-order chi connectivity index (χ1) is 17.2. The van der Waals surface area contributed by atoms with Gasteiger partial charge in [-0.05, 0) is 55.8 Å². The number of fused-ring (bicyclic) bond motifs is 1. The molecule has 0 saturated carbocycles. The van der Waals surface area contributed by atoms with E-state index in [1.165, 1.54) is 0 Å². The Labute approximate surface area is 207 Å².